The fourth-order valence-corrected chi connectivity index (χ4v) is 1.43. The molecule has 0 saturated heterocycles. The van der Waals surface area contributed by atoms with E-state index in [0.29, 0.717) is 10.5 Å². The first kappa shape index (κ1) is 7.37. The molecule has 0 bridgehead atoms. The number of rotatable bonds is 0. The van der Waals surface area contributed by atoms with Crippen LogP contribution in [0.5, 0.6) is 5.75 Å². The molecule has 0 spiro atoms. The van der Waals surface area contributed by atoms with Crippen LogP contribution in [0.25, 0.3) is 10.8 Å². The van der Waals surface area contributed by atoms with Gasteiger partial charge in [0, 0.05) is 6.20 Å². The molecule has 1 aromatic carbocycles. The minimum absolute atomic E-state index is 0.172. The number of pyridine rings is 1. The Morgan fingerprint density at radius 3 is 2.83 bits per heavy atom. The first-order valence-corrected chi connectivity index (χ1v) is 3.89. The zero-order valence-corrected chi connectivity index (χ0v) is 6.92. The lowest BCUT2D eigenvalue weighted by molar-refractivity contribution is 0.481. The molecule has 0 radical (unpaired) electrons. The Labute approximate surface area is 74.4 Å². The zero-order valence-electron chi connectivity index (χ0n) is 6.16. The van der Waals surface area contributed by atoms with E-state index < -0.39 is 0 Å². The Hall–Kier alpha value is -1.28. The molecule has 1 heterocycles. The van der Waals surface area contributed by atoms with E-state index in [4.69, 9.17) is 11.6 Å². The molecule has 12 heavy (non-hydrogen) atoms. The third-order valence-electron chi connectivity index (χ3n) is 1.72. The van der Waals surface area contributed by atoms with Crippen LogP contribution in [0.2, 0.25) is 5.15 Å². The highest BCUT2D eigenvalue weighted by molar-refractivity contribution is 6.34. The van der Waals surface area contributed by atoms with Crippen LogP contribution >= 0.6 is 11.6 Å². The second kappa shape index (κ2) is 2.64. The van der Waals surface area contributed by atoms with E-state index in [1.54, 1.807) is 24.4 Å². The van der Waals surface area contributed by atoms with E-state index in [2.05, 4.69) is 4.98 Å². The van der Waals surface area contributed by atoms with Gasteiger partial charge in [-0.1, -0.05) is 23.7 Å². The second-order valence-electron chi connectivity index (χ2n) is 2.48. The maximum absolute atomic E-state index is 9.43. The van der Waals surface area contributed by atoms with Gasteiger partial charge in [-0.25, -0.2) is 4.98 Å². The molecule has 2 nitrogen and oxygen atoms in total. The third-order valence-corrected chi connectivity index (χ3v) is 2.01. The Morgan fingerprint density at radius 1 is 1.25 bits per heavy atom. The predicted octanol–water partition coefficient (Wildman–Crippen LogP) is 2.59. The Bertz CT molecular complexity index is 391. The van der Waals surface area contributed by atoms with Gasteiger partial charge in [0.15, 0.2) is 0 Å². The van der Waals surface area contributed by atoms with E-state index in [1.165, 1.54) is 0 Å². The topological polar surface area (TPSA) is 33.1 Å². The molecule has 2 rings (SSSR count). The molecule has 0 aliphatic heterocycles. The monoisotopic (exact) mass is 179 g/mol. The molecule has 3 heteroatoms. The van der Waals surface area contributed by atoms with Crippen LogP contribution in [0.15, 0.2) is 30.5 Å². The van der Waals surface area contributed by atoms with E-state index in [-0.39, 0.29) is 5.75 Å². The zero-order chi connectivity index (χ0) is 8.55. The molecular weight excluding hydrogens is 174 g/mol. The molecule has 0 aliphatic carbocycles. The molecule has 2 aromatic rings. The van der Waals surface area contributed by atoms with Gasteiger partial charge in [-0.3, -0.25) is 0 Å². The Balaban J connectivity index is 2.96. The summed E-state index contributed by atoms with van der Waals surface area (Å²) in [5.41, 5.74) is 0. The van der Waals surface area contributed by atoms with Crippen LogP contribution in [-0.2, 0) is 0 Å². The van der Waals surface area contributed by atoms with Crippen LogP contribution in [0.3, 0.4) is 0 Å². The SMILES string of the molecule is Oc1cccc2ccnc(Cl)c12. The van der Waals surface area contributed by atoms with Crippen LogP contribution < -0.4 is 0 Å². The summed E-state index contributed by atoms with van der Waals surface area (Å²) in [4.78, 5) is 3.87. The first-order chi connectivity index (χ1) is 5.79. The van der Waals surface area contributed by atoms with Crippen molar-refractivity contribution < 1.29 is 5.11 Å². The summed E-state index contributed by atoms with van der Waals surface area (Å²) in [5, 5.41) is 11.3. The van der Waals surface area contributed by atoms with Crippen molar-refractivity contribution in [2.45, 2.75) is 0 Å². The molecular formula is C9H6ClNO. The lowest BCUT2D eigenvalue weighted by atomic mass is 10.2. The van der Waals surface area contributed by atoms with Gasteiger partial charge in [0.25, 0.3) is 0 Å². The predicted molar refractivity (Wildman–Crippen MR) is 48.4 cm³/mol. The highest BCUT2D eigenvalue weighted by atomic mass is 35.5. The van der Waals surface area contributed by atoms with E-state index >= 15 is 0 Å². The van der Waals surface area contributed by atoms with Crippen molar-refractivity contribution in [2.24, 2.45) is 0 Å². The number of phenolic OH excluding ortho intramolecular Hbond substituents is 1. The molecule has 0 aliphatic rings. The van der Waals surface area contributed by atoms with Gasteiger partial charge in [0.05, 0.1) is 5.39 Å². The summed E-state index contributed by atoms with van der Waals surface area (Å²) < 4.78 is 0. The van der Waals surface area contributed by atoms with E-state index in [0.717, 1.165) is 5.39 Å². The molecule has 0 fully saturated rings. The molecule has 60 valence electrons. The van der Waals surface area contributed by atoms with Gasteiger partial charge < -0.3 is 5.11 Å². The number of fused-ring (bicyclic) bond motifs is 1. The average molecular weight is 180 g/mol. The molecule has 0 saturated carbocycles. The van der Waals surface area contributed by atoms with Gasteiger partial charge in [-0.05, 0) is 17.5 Å². The van der Waals surface area contributed by atoms with Crippen LogP contribution in [0.1, 0.15) is 0 Å². The quantitative estimate of drug-likeness (QED) is 0.631. The standard InChI is InChI=1S/C9H6ClNO/c10-9-8-6(4-5-11-9)2-1-3-7(8)12/h1-5,12H. The largest absolute Gasteiger partial charge is 0.507 e. The summed E-state index contributed by atoms with van der Waals surface area (Å²) >= 11 is 5.79. The van der Waals surface area contributed by atoms with Gasteiger partial charge in [0.1, 0.15) is 10.9 Å². The van der Waals surface area contributed by atoms with Gasteiger partial charge in [0.2, 0.25) is 0 Å². The number of aromatic nitrogens is 1. The fraction of sp³-hybridized carbons (Fsp3) is 0. The number of hydrogen-bond donors (Lipinski definition) is 1. The normalized spacial score (nSPS) is 10.4. The minimum atomic E-state index is 0.172. The van der Waals surface area contributed by atoms with Crippen molar-refractivity contribution in [1.29, 1.82) is 0 Å². The highest BCUT2D eigenvalue weighted by Crippen LogP contribution is 2.28. The maximum atomic E-state index is 9.43. The Kier molecular flexibility index (Phi) is 1.62. The average Bonchev–Trinajstić information content (AvgIpc) is 2.04. The van der Waals surface area contributed by atoms with Crippen molar-refractivity contribution in [2.75, 3.05) is 0 Å². The summed E-state index contributed by atoms with van der Waals surface area (Å²) in [7, 11) is 0. The lowest BCUT2D eigenvalue weighted by Gasteiger charge is -2.00. The number of hydrogen-bond acceptors (Lipinski definition) is 2. The molecule has 0 amide bonds. The van der Waals surface area contributed by atoms with Gasteiger partial charge >= 0.3 is 0 Å². The first-order valence-electron chi connectivity index (χ1n) is 3.51. The highest BCUT2D eigenvalue weighted by Gasteiger charge is 2.02. The summed E-state index contributed by atoms with van der Waals surface area (Å²) in [6, 6.07) is 7.05. The minimum Gasteiger partial charge on any atom is -0.507 e. The van der Waals surface area contributed by atoms with E-state index in [9.17, 15) is 5.11 Å². The van der Waals surface area contributed by atoms with Crippen LogP contribution in [0, 0.1) is 0 Å². The lowest BCUT2D eigenvalue weighted by Crippen LogP contribution is -1.78. The molecule has 0 unspecified atom stereocenters. The van der Waals surface area contributed by atoms with Crippen molar-refractivity contribution in [3.8, 4) is 5.75 Å². The number of halogens is 1. The molecule has 0 atom stereocenters. The Morgan fingerprint density at radius 2 is 2.08 bits per heavy atom. The van der Waals surface area contributed by atoms with Gasteiger partial charge in [-0.2, -0.15) is 0 Å². The summed E-state index contributed by atoms with van der Waals surface area (Å²) in [5.74, 6) is 0.172. The maximum Gasteiger partial charge on any atom is 0.140 e. The van der Waals surface area contributed by atoms with Crippen LogP contribution in [0.4, 0.5) is 0 Å². The summed E-state index contributed by atoms with van der Waals surface area (Å²) in [6.07, 6.45) is 1.62. The van der Waals surface area contributed by atoms with Crippen molar-refractivity contribution in [1.82, 2.24) is 4.98 Å². The smallest absolute Gasteiger partial charge is 0.140 e. The number of nitrogens with zero attached hydrogens (tertiary/aromatic N) is 1. The third kappa shape index (κ3) is 1.01. The van der Waals surface area contributed by atoms with E-state index in [1.807, 2.05) is 6.07 Å². The second-order valence-corrected chi connectivity index (χ2v) is 2.84. The number of benzene rings is 1. The van der Waals surface area contributed by atoms with Crippen molar-refractivity contribution in [3.63, 3.8) is 0 Å². The summed E-state index contributed by atoms with van der Waals surface area (Å²) in [6.45, 7) is 0. The van der Waals surface area contributed by atoms with Crippen LogP contribution in [-0.4, -0.2) is 10.1 Å². The molecule has 1 aromatic heterocycles. The van der Waals surface area contributed by atoms with Gasteiger partial charge in [-0.15, -0.1) is 0 Å². The molecule has 1 N–H and O–H groups in total. The van der Waals surface area contributed by atoms with Crippen molar-refractivity contribution >= 4 is 22.4 Å². The number of aromatic hydroxyl groups is 1. The number of phenols is 1. The fourth-order valence-electron chi connectivity index (χ4n) is 1.17. The van der Waals surface area contributed by atoms with Crippen molar-refractivity contribution in [3.05, 3.63) is 35.6 Å².